The number of nitrogens with zero attached hydrogens (tertiary/aromatic N) is 6. The Balaban J connectivity index is 1.66. The van der Waals surface area contributed by atoms with Crippen LogP contribution in [0, 0.1) is 0 Å². The third kappa shape index (κ3) is 2.51. The summed E-state index contributed by atoms with van der Waals surface area (Å²) in [5.41, 5.74) is 2.18. The van der Waals surface area contributed by atoms with E-state index in [1.165, 1.54) is 28.1 Å². The van der Waals surface area contributed by atoms with Crippen molar-refractivity contribution in [1.82, 2.24) is 30.2 Å². The second kappa shape index (κ2) is 5.86. The zero-order valence-electron chi connectivity index (χ0n) is 13.2. The van der Waals surface area contributed by atoms with Crippen LogP contribution in [-0.2, 0) is 12.8 Å². The largest absolute Gasteiger partial charge is 0.225 e. The first kappa shape index (κ1) is 14.9. The van der Waals surface area contributed by atoms with Crippen molar-refractivity contribution in [1.29, 1.82) is 0 Å². The van der Waals surface area contributed by atoms with E-state index in [9.17, 15) is 0 Å². The monoisotopic (exact) mass is 368 g/mol. The lowest BCUT2D eigenvalue weighted by Crippen LogP contribution is -2.05. The molecule has 0 saturated carbocycles. The summed E-state index contributed by atoms with van der Waals surface area (Å²) in [6.07, 6.45) is 6.19. The molecule has 5 rings (SSSR count). The van der Waals surface area contributed by atoms with Gasteiger partial charge in [0.15, 0.2) is 5.82 Å². The number of fused-ring (bicyclic) bond motifs is 3. The lowest BCUT2D eigenvalue weighted by molar-refractivity contribution is 0.690. The van der Waals surface area contributed by atoms with Crippen LogP contribution in [0.2, 0.25) is 5.02 Å². The maximum absolute atomic E-state index is 6.06. The second-order valence-corrected chi connectivity index (χ2v) is 7.52. The van der Waals surface area contributed by atoms with Crippen molar-refractivity contribution in [2.75, 3.05) is 0 Å². The number of halogens is 1. The van der Waals surface area contributed by atoms with E-state index < -0.39 is 0 Å². The minimum Gasteiger partial charge on any atom is -0.225 e. The van der Waals surface area contributed by atoms with Gasteiger partial charge < -0.3 is 0 Å². The average Bonchev–Trinajstić information content (AvgIpc) is 3.26. The minimum atomic E-state index is 0.526. The number of aromatic nitrogens is 6. The quantitative estimate of drug-likeness (QED) is 0.537. The first-order chi connectivity index (χ1) is 12.3. The summed E-state index contributed by atoms with van der Waals surface area (Å²) in [7, 11) is 0. The van der Waals surface area contributed by atoms with Gasteiger partial charge in [0.2, 0.25) is 5.82 Å². The predicted octanol–water partition coefficient (Wildman–Crippen LogP) is 3.87. The van der Waals surface area contributed by atoms with Gasteiger partial charge >= 0.3 is 0 Å². The Morgan fingerprint density at radius 1 is 1.12 bits per heavy atom. The zero-order chi connectivity index (χ0) is 16.8. The molecule has 0 saturated heterocycles. The third-order valence-electron chi connectivity index (χ3n) is 4.42. The number of hydrogen-bond acceptors (Lipinski definition) is 6. The molecule has 0 radical (unpaired) electrons. The van der Waals surface area contributed by atoms with E-state index in [0.29, 0.717) is 16.7 Å². The Labute approximate surface area is 152 Å². The highest BCUT2D eigenvalue weighted by Gasteiger charge is 2.22. The van der Waals surface area contributed by atoms with E-state index in [1.807, 2.05) is 24.3 Å². The molecule has 0 bridgehead atoms. The zero-order valence-corrected chi connectivity index (χ0v) is 14.8. The Morgan fingerprint density at radius 3 is 2.96 bits per heavy atom. The average molecular weight is 369 g/mol. The maximum Gasteiger partial charge on any atom is 0.205 e. The molecule has 1 aromatic carbocycles. The normalized spacial score (nSPS) is 14.0. The van der Waals surface area contributed by atoms with Crippen LogP contribution < -0.4 is 0 Å². The molecule has 0 aliphatic heterocycles. The molecule has 3 heterocycles. The minimum absolute atomic E-state index is 0.526. The predicted molar refractivity (Wildman–Crippen MR) is 97.2 cm³/mol. The van der Waals surface area contributed by atoms with E-state index in [1.54, 1.807) is 17.7 Å². The van der Waals surface area contributed by atoms with E-state index >= 15 is 0 Å². The van der Waals surface area contributed by atoms with Gasteiger partial charge in [-0.15, -0.1) is 26.3 Å². The third-order valence-corrected chi connectivity index (χ3v) is 5.85. The van der Waals surface area contributed by atoms with E-state index in [2.05, 4.69) is 25.4 Å². The van der Waals surface area contributed by atoms with Crippen molar-refractivity contribution in [3.8, 4) is 17.2 Å². The van der Waals surface area contributed by atoms with Crippen LogP contribution in [0.4, 0.5) is 0 Å². The van der Waals surface area contributed by atoms with Crippen LogP contribution in [0.5, 0.6) is 0 Å². The fraction of sp³-hybridized carbons (Fsp3) is 0.235. The van der Waals surface area contributed by atoms with Gasteiger partial charge in [0.05, 0.1) is 5.39 Å². The molecule has 124 valence electrons. The fourth-order valence-electron chi connectivity index (χ4n) is 3.27. The van der Waals surface area contributed by atoms with Gasteiger partial charge in [-0.2, -0.15) is 0 Å². The summed E-state index contributed by atoms with van der Waals surface area (Å²) in [5, 5.41) is 14.6. The number of tetrazole rings is 1. The standard InChI is InChI=1S/C17H13ClN6S/c18-11-5-3-4-10(8-11)15-21-23-24(22-15)16-14-12-6-1-2-7-13(12)25-17(14)20-9-19-16/h3-5,8-9H,1-2,6-7H2. The molecule has 25 heavy (non-hydrogen) atoms. The number of benzene rings is 1. The summed E-state index contributed by atoms with van der Waals surface area (Å²) in [6, 6.07) is 7.43. The molecule has 1 aliphatic rings. The van der Waals surface area contributed by atoms with Crippen molar-refractivity contribution >= 4 is 33.2 Å². The van der Waals surface area contributed by atoms with Gasteiger partial charge in [0, 0.05) is 15.5 Å². The van der Waals surface area contributed by atoms with Crippen LogP contribution in [0.3, 0.4) is 0 Å². The summed E-state index contributed by atoms with van der Waals surface area (Å²) >= 11 is 7.82. The Morgan fingerprint density at radius 2 is 2.04 bits per heavy atom. The van der Waals surface area contributed by atoms with E-state index in [0.717, 1.165) is 28.6 Å². The molecule has 6 nitrogen and oxygen atoms in total. The number of hydrogen-bond donors (Lipinski definition) is 0. The van der Waals surface area contributed by atoms with Crippen molar-refractivity contribution in [2.45, 2.75) is 25.7 Å². The molecule has 0 amide bonds. The van der Waals surface area contributed by atoms with Gasteiger partial charge in [-0.3, -0.25) is 0 Å². The number of rotatable bonds is 2. The molecule has 8 heteroatoms. The van der Waals surface area contributed by atoms with Crippen LogP contribution in [0.15, 0.2) is 30.6 Å². The van der Waals surface area contributed by atoms with Crippen LogP contribution in [0.25, 0.3) is 27.4 Å². The van der Waals surface area contributed by atoms with Gasteiger partial charge in [0.1, 0.15) is 11.2 Å². The van der Waals surface area contributed by atoms with Gasteiger partial charge in [0.25, 0.3) is 0 Å². The fourth-order valence-corrected chi connectivity index (χ4v) is 4.69. The first-order valence-electron chi connectivity index (χ1n) is 8.11. The van der Waals surface area contributed by atoms with E-state index in [-0.39, 0.29) is 0 Å². The van der Waals surface area contributed by atoms with Crippen LogP contribution in [0.1, 0.15) is 23.3 Å². The summed E-state index contributed by atoms with van der Waals surface area (Å²) in [5.74, 6) is 1.23. The molecular formula is C17H13ClN6S. The smallest absolute Gasteiger partial charge is 0.205 e. The Hall–Kier alpha value is -2.38. The van der Waals surface area contributed by atoms with Gasteiger partial charge in [-0.1, -0.05) is 23.7 Å². The highest BCUT2D eigenvalue weighted by atomic mass is 35.5. The number of thiophene rings is 1. The molecule has 4 aromatic rings. The van der Waals surface area contributed by atoms with Gasteiger partial charge in [-0.05, 0) is 48.6 Å². The Bertz CT molecular complexity index is 1090. The molecule has 0 unspecified atom stereocenters. The summed E-state index contributed by atoms with van der Waals surface area (Å²) in [6.45, 7) is 0. The molecule has 0 fully saturated rings. The van der Waals surface area contributed by atoms with Gasteiger partial charge in [-0.25, -0.2) is 9.97 Å². The summed E-state index contributed by atoms with van der Waals surface area (Å²) < 4.78 is 0. The SMILES string of the molecule is Clc1cccc(-c2nnn(-c3ncnc4sc5c(c34)CCCC5)n2)c1. The first-order valence-corrected chi connectivity index (χ1v) is 9.30. The van der Waals surface area contributed by atoms with Crippen molar-refractivity contribution < 1.29 is 0 Å². The lowest BCUT2D eigenvalue weighted by Gasteiger charge is -2.10. The van der Waals surface area contributed by atoms with E-state index in [4.69, 9.17) is 11.6 Å². The number of aryl methyl sites for hydroxylation is 2. The van der Waals surface area contributed by atoms with Crippen molar-refractivity contribution in [3.63, 3.8) is 0 Å². The van der Waals surface area contributed by atoms with Crippen LogP contribution in [-0.4, -0.2) is 30.2 Å². The molecule has 1 aliphatic carbocycles. The summed E-state index contributed by atoms with van der Waals surface area (Å²) in [4.78, 5) is 12.8. The molecule has 0 N–H and O–H groups in total. The lowest BCUT2D eigenvalue weighted by atomic mass is 9.97. The van der Waals surface area contributed by atoms with Crippen LogP contribution >= 0.6 is 22.9 Å². The molecular weight excluding hydrogens is 356 g/mol. The highest BCUT2D eigenvalue weighted by Crippen LogP contribution is 2.37. The second-order valence-electron chi connectivity index (χ2n) is 6.00. The van der Waals surface area contributed by atoms with Crippen molar-refractivity contribution in [2.24, 2.45) is 0 Å². The maximum atomic E-state index is 6.06. The molecule has 0 spiro atoms. The molecule has 3 aromatic heterocycles. The molecule has 0 atom stereocenters. The Kier molecular flexibility index (Phi) is 3.50. The topological polar surface area (TPSA) is 69.4 Å². The van der Waals surface area contributed by atoms with Crippen molar-refractivity contribution in [3.05, 3.63) is 46.1 Å². The highest BCUT2D eigenvalue weighted by molar-refractivity contribution is 7.18.